The first kappa shape index (κ1) is 9.84. The molecule has 0 bridgehead atoms. The lowest BCUT2D eigenvalue weighted by Crippen LogP contribution is -2.16. The van der Waals surface area contributed by atoms with Crippen molar-refractivity contribution in [2.24, 2.45) is 0 Å². The molecule has 0 unspecified atom stereocenters. The van der Waals surface area contributed by atoms with E-state index in [1.54, 1.807) is 6.20 Å². The van der Waals surface area contributed by atoms with Gasteiger partial charge >= 0.3 is 0 Å². The van der Waals surface area contributed by atoms with E-state index in [0.717, 1.165) is 18.5 Å². The van der Waals surface area contributed by atoms with Gasteiger partial charge in [0.2, 0.25) is 0 Å². The molecule has 3 heteroatoms. The maximum Gasteiger partial charge on any atom is 0.123 e. The van der Waals surface area contributed by atoms with E-state index in [1.807, 2.05) is 12.1 Å². The number of hydrogen-bond donors (Lipinski definition) is 2. The molecule has 1 aromatic rings. The van der Waals surface area contributed by atoms with Gasteiger partial charge in [-0.2, -0.15) is 0 Å². The summed E-state index contributed by atoms with van der Waals surface area (Å²) in [4.78, 5) is 4.02. The highest BCUT2D eigenvalue weighted by molar-refractivity contribution is 5.45. The molecule has 1 rings (SSSR count). The Labute approximate surface area is 79.4 Å². The Morgan fingerprint density at radius 1 is 1.38 bits per heavy atom. The summed E-state index contributed by atoms with van der Waals surface area (Å²) in [5, 5.41) is 3.39. The van der Waals surface area contributed by atoms with Gasteiger partial charge in [0.25, 0.3) is 0 Å². The number of rotatable bonds is 4. The summed E-state index contributed by atoms with van der Waals surface area (Å²) >= 11 is 0. The predicted octanol–water partition coefficient (Wildman–Crippen LogP) is 2.26. The summed E-state index contributed by atoms with van der Waals surface area (Å²) in [6, 6.07) is 4.30. The molecule has 1 heterocycles. The minimum atomic E-state index is 0.533. The molecule has 0 aliphatic carbocycles. The van der Waals surface area contributed by atoms with Crippen LogP contribution >= 0.6 is 0 Å². The first-order chi connectivity index (χ1) is 6.26. The van der Waals surface area contributed by atoms with Crippen molar-refractivity contribution >= 4 is 11.5 Å². The number of nitrogens with zero attached hydrogens (tertiary/aromatic N) is 1. The van der Waals surface area contributed by atoms with E-state index in [4.69, 9.17) is 5.73 Å². The first-order valence-electron chi connectivity index (χ1n) is 4.74. The topological polar surface area (TPSA) is 50.9 Å². The van der Waals surface area contributed by atoms with E-state index in [-0.39, 0.29) is 0 Å². The van der Waals surface area contributed by atoms with Crippen molar-refractivity contribution in [1.29, 1.82) is 0 Å². The molecule has 0 saturated carbocycles. The molecule has 0 aliphatic rings. The minimum Gasteiger partial charge on any atom is -0.384 e. The second-order valence-electron chi connectivity index (χ2n) is 3.13. The fourth-order valence-corrected chi connectivity index (χ4v) is 1.22. The van der Waals surface area contributed by atoms with Crippen LogP contribution in [0.15, 0.2) is 18.3 Å². The van der Waals surface area contributed by atoms with E-state index in [2.05, 4.69) is 24.1 Å². The monoisotopic (exact) mass is 179 g/mol. The van der Waals surface area contributed by atoms with Crippen LogP contribution in [0.25, 0.3) is 0 Å². The second kappa shape index (κ2) is 4.70. The van der Waals surface area contributed by atoms with Crippen LogP contribution < -0.4 is 11.1 Å². The van der Waals surface area contributed by atoms with Crippen LogP contribution in [0.2, 0.25) is 0 Å². The van der Waals surface area contributed by atoms with Gasteiger partial charge in [0.05, 0.1) is 11.9 Å². The molecule has 3 N–H and O–H groups in total. The fourth-order valence-electron chi connectivity index (χ4n) is 1.22. The Morgan fingerprint density at radius 2 is 2.08 bits per heavy atom. The van der Waals surface area contributed by atoms with Gasteiger partial charge in [0.1, 0.15) is 5.82 Å². The highest BCUT2D eigenvalue weighted by Gasteiger charge is 2.02. The molecule has 72 valence electrons. The number of pyridine rings is 1. The normalized spacial score (nSPS) is 10.4. The highest BCUT2D eigenvalue weighted by atomic mass is 14.9. The van der Waals surface area contributed by atoms with E-state index in [9.17, 15) is 0 Å². The lowest BCUT2D eigenvalue weighted by molar-refractivity contribution is 0.671. The zero-order valence-electron chi connectivity index (χ0n) is 8.25. The van der Waals surface area contributed by atoms with Crippen molar-refractivity contribution in [2.45, 2.75) is 32.7 Å². The van der Waals surface area contributed by atoms with E-state index >= 15 is 0 Å². The molecule has 0 spiro atoms. The summed E-state index contributed by atoms with van der Waals surface area (Å²) < 4.78 is 0. The third-order valence-corrected chi connectivity index (χ3v) is 2.14. The van der Waals surface area contributed by atoms with Crippen LogP contribution in [0.1, 0.15) is 26.7 Å². The zero-order chi connectivity index (χ0) is 9.68. The van der Waals surface area contributed by atoms with Gasteiger partial charge in [-0.25, -0.2) is 4.98 Å². The smallest absolute Gasteiger partial charge is 0.123 e. The average Bonchev–Trinajstić information content (AvgIpc) is 2.17. The molecule has 0 amide bonds. The number of anilines is 2. The summed E-state index contributed by atoms with van der Waals surface area (Å²) in [5.41, 5.74) is 6.53. The largest absolute Gasteiger partial charge is 0.384 e. The Kier molecular flexibility index (Phi) is 3.55. The van der Waals surface area contributed by atoms with E-state index in [1.165, 1.54) is 0 Å². The van der Waals surface area contributed by atoms with Crippen LogP contribution in [0.5, 0.6) is 0 Å². The Bertz CT molecular complexity index is 239. The third-order valence-electron chi connectivity index (χ3n) is 2.14. The number of hydrogen-bond acceptors (Lipinski definition) is 3. The summed E-state index contributed by atoms with van der Waals surface area (Å²) in [5.74, 6) is 0.565. The standard InChI is InChI=1S/C10H17N3/c1-3-8(4-2)13-9-5-6-10(11)12-7-9/h5-8,13H,3-4H2,1-2H3,(H2,11,12). The molecule has 0 saturated heterocycles. The minimum absolute atomic E-state index is 0.533. The van der Waals surface area contributed by atoms with Crippen LogP contribution in [0.4, 0.5) is 11.5 Å². The number of nitrogen functional groups attached to an aromatic ring is 1. The molecule has 1 aromatic heterocycles. The molecular formula is C10H17N3. The van der Waals surface area contributed by atoms with Crippen molar-refractivity contribution < 1.29 is 0 Å². The molecular weight excluding hydrogens is 162 g/mol. The van der Waals surface area contributed by atoms with Crippen molar-refractivity contribution in [3.63, 3.8) is 0 Å². The Morgan fingerprint density at radius 3 is 2.54 bits per heavy atom. The first-order valence-corrected chi connectivity index (χ1v) is 4.74. The fraction of sp³-hybridized carbons (Fsp3) is 0.500. The molecule has 3 nitrogen and oxygen atoms in total. The van der Waals surface area contributed by atoms with Crippen LogP contribution in [-0.2, 0) is 0 Å². The number of nitrogens with two attached hydrogens (primary N) is 1. The number of nitrogens with one attached hydrogen (secondary N) is 1. The van der Waals surface area contributed by atoms with Crippen molar-refractivity contribution in [1.82, 2.24) is 4.98 Å². The number of aromatic nitrogens is 1. The molecule has 0 aromatic carbocycles. The quantitative estimate of drug-likeness (QED) is 0.745. The van der Waals surface area contributed by atoms with Gasteiger partial charge < -0.3 is 11.1 Å². The van der Waals surface area contributed by atoms with Crippen molar-refractivity contribution in [3.05, 3.63) is 18.3 Å². The molecule has 13 heavy (non-hydrogen) atoms. The summed E-state index contributed by atoms with van der Waals surface area (Å²) in [7, 11) is 0. The molecule has 0 fully saturated rings. The van der Waals surface area contributed by atoms with Crippen LogP contribution in [0.3, 0.4) is 0 Å². The van der Waals surface area contributed by atoms with E-state index in [0.29, 0.717) is 11.9 Å². The van der Waals surface area contributed by atoms with Gasteiger partial charge in [-0.3, -0.25) is 0 Å². The van der Waals surface area contributed by atoms with E-state index < -0.39 is 0 Å². The van der Waals surface area contributed by atoms with Gasteiger partial charge in [-0.05, 0) is 25.0 Å². The van der Waals surface area contributed by atoms with Gasteiger partial charge in [-0.15, -0.1) is 0 Å². The summed E-state index contributed by atoms with van der Waals surface area (Å²) in [6.07, 6.45) is 4.02. The van der Waals surface area contributed by atoms with Crippen LogP contribution in [0, 0.1) is 0 Å². The van der Waals surface area contributed by atoms with Gasteiger partial charge in [0.15, 0.2) is 0 Å². The van der Waals surface area contributed by atoms with Gasteiger partial charge in [-0.1, -0.05) is 13.8 Å². The second-order valence-corrected chi connectivity index (χ2v) is 3.13. The SMILES string of the molecule is CCC(CC)Nc1ccc(N)nc1. The Balaban J connectivity index is 2.58. The van der Waals surface area contributed by atoms with Gasteiger partial charge in [0, 0.05) is 6.04 Å². The lowest BCUT2D eigenvalue weighted by Gasteiger charge is -2.15. The predicted molar refractivity (Wildman–Crippen MR) is 56.6 cm³/mol. The van der Waals surface area contributed by atoms with Crippen LogP contribution in [-0.4, -0.2) is 11.0 Å². The third kappa shape index (κ3) is 2.93. The van der Waals surface area contributed by atoms with Crippen molar-refractivity contribution in [2.75, 3.05) is 11.1 Å². The average molecular weight is 179 g/mol. The Hall–Kier alpha value is -1.25. The zero-order valence-corrected chi connectivity index (χ0v) is 8.25. The lowest BCUT2D eigenvalue weighted by atomic mass is 10.1. The molecule has 0 atom stereocenters. The maximum atomic E-state index is 5.48. The summed E-state index contributed by atoms with van der Waals surface area (Å²) in [6.45, 7) is 4.35. The highest BCUT2D eigenvalue weighted by Crippen LogP contribution is 2.11. The molecule has 0 radical (unpaired) electrons. The maximum absolute atomic E-state index is 5.48. The van der Waals surface area contributed by atoms with Crippen molar-refractivity contribution in [3.8, 4) is 0 Å². The molecule has 0 aliphatic heterocycles.